The molecule has 4 aromatic rings. The van der Waals surface area contributed by atoms with E-state index in [4.69, 9.17) is 0 Å². The van der Waals surface area contributed by atoms with Gasteiger partial charge in [-0.1, -0.05) is 6.07 Å². The van der Waals surface area contributed by atoms with Crippen molar-refractivity contribution in [2.24, 2.45) is 0 Å². The van der Waals surface area contributed by atoms with E-state index in [9.17, 15) is 9.59 Å². The van der Waals surface area contributed by atoms with Gasteiger partial charge < -0.3 is 5.32 Å². The van der Waals surface area contributed by atoms with Crippen LogP contribution in [0.2, 0.25) is 0 Å². The molecule has 0 saturated carbocycles. The minimum atomic E-state index is -0.466. The molecule has 0 bridgehead atoms. The van der Waals surface area contributed by atoms with Crippen LogP contribution in [0.25, 0.3) is 10.6 Å². The summed E-state index contributed by atoms with van der Waals surface area (Å²) in [6.45, 7) is 0. The van der Waals surface area contributed by atoms with Crippen LogP contribution in [0, 0.1) is 0 Å². The lowest BCUT2D eigenvalue weighted by Crippen LogP contribution is -2.35. The molecule has 0 fully saturated rings. The van der Waals surface area contributed by atoms with Gasteiger partial charge >= 0.3 is 0 Å². The number of fused-ring (bicyclic) bond motifs is 2. The molecule has 1 unspecified atom stereocenters. The van der Waals surface area contributed by atoms with Gasteiger partial charge in [0.2, 0.25) is 0 Å². The molecule has 0 spiro atoms. The zero-order valence-electron chi connectivity index (χ0n) is 14.4. The van der Waals surface area contributed by atoms with E-state index in [1.807, 2.05) is 35.1 Å². The van der Waals surface area contributed by atoms with E-state index in [-0.39, 0.29) is 17.2 Å². The predicted octanol–water partition coefficient (Wildman–Crippen LogP) is 2.02. The minimum Gasteiger partial charge on any atom is -0.342 e. The summed E-state index contributed by atoms with van der Waals surface area (Å²) in [6.07, 6.45) is 7.47. The van der Waals surface area contributed by atoms with Gasteiger partial charge in [0.1, 0.15) is 5.56 Å². The Hall–Kier alpha value is -2.72. The average molecular weight is 400 g/mol. The first-order chi connectivity index (χ1) is 13.2. The molecule has 0 saturated heterocycles. The van der Waals surface area contributed by atoms with Crippen molar-refractivity contribution in [2.75, 3.05) is 12.0 Å². The van der Waals surface area contributed by atoms with Crippen molar-refractivity contribution in [3.63, 3.8) is 0 Å². The lowest BCUT2D eigenvalue weighted by Gasteiger charge is -2.16. The summed E-state index contributed by atoms with van der Waals surface area (Å²) in [5.41, 5.74) is 0.333. The maximum atomic E-state index is 12.8. The van der Waals surface area contributed by atoms with Crippen molar-refractivity contribution in [1.29, 1.82) is 0 Å². The van der Waals surface area contributed by atoms with Gasteiger partial charge in [0.05, 0.1) is 6.04 Å². The van der Waals surface area contributed by atoms with E-state index in [0.29, 0.717) is 22.9 Å². The van der Waals surface area contributed by atoms with Crippen LogP contribution in [0.5, 0.6) is 0 Å². The summed E-state index contributed by atoms with van der Waals surface area (Å²) in [4.78, 5) is 30.1. The molecule has 0 aliphatic rings. The maximum Gasteiger partial charge on any atom is 0.271 e. The van der Waals surface area contributed by atoms with Crippen molar-refractivity contribution in [3.05, 3.63) is 63.9 Å². The number of hydrogen-bond donors (Lipinski definition) is 1. The summed E-state index contributed by atoms with van der Waals surface area (Å²) in [5.74, 6) is 0.998. The number of rotatable bonds is 6. The number of pyridine rings is 1. The first-order valence-corrected chi connectivity index (χ1v) is 10.5. The van der Waals surface area contributed by atoms with Crippen molar-refractivity contribution in [1.82, 2.24) is 29.3 Å². The number of thiazole rings is 1. The van der Waals surface area contributed by atoms with Gasteiger partial charge in [-0.15, -0.1) is 21.5 Å². The highest BCUT2D eigenvalue weighted by Gasteiger charge is 2.23. The molecule has 0 radical (unpaired) electrons. The number of thioether (sulfide) groups is 1. The third-order valence-electron chi connectivity index (χ3n) is 4.16. The van der Waals surface area contributed by atoms with Crippen LogP contribution >= 0.6 is 23.1 Å². The lowest BCUT2D eigenvalue weighted by molar-refractivity contribution is 0.0931. The van der Waals surface area contributed by atoms with Gasteiger partial charge in [0, 0.05) is 24.0 Å². The SMILES string of the molecule is CSCCC(NC(=O)c1cnc2sccn2c1=O)c1nnc2ccccn12. The number of nitrogens with zero attached hydrogens (tertiary/aromatic N) is 5. The Bertz CT molecular complexity index is 1160. The fraction of sp³-hybridized carbons (Fsp3) is 0.235. The van der Waals surface area contributed by atoms with Crippen LogP contribution in [-0.4, -0.2) is 41.9 Å². The first-order valence-electron chi connectivity index (χ1n) is 8.23. The quantitative estimate of drug-likeness (QED) is 0.532. The predicted molar refractivity (Wildman–Crippen MR) is 106 cm³/mol. The average Bonchev–Trinajstić information content (AvgIpc) is 3.32. The Labute approximate surface area is 162 Å². The zero-order chi connectivity index (χ0) is 18.8. The highest BCUT2D eigenvalue weighted by Crippen LogP contribution is 2.18. The molecule has 0 aliphatic carbocycles. The van der Waals surface area contributed by atoms with Crippen LogP contribution in [0.15, 0.2) is 47.0 Å². The highest BCUT2D eigenvalue weighted by molar-refractivity contribution is 7.98. The second kappa shape index (κ2) is 7.49. The molecular formula is C17H16N6O2S2. The third kappa shape index (κ3) is 3.33. The number of amides is 1. The summed E-state index contributed by atoms with van der Waals surface area (Å²) in [5, 5.41) is 13.1. The van der Waals surface area contributed by atoms with Gasteiger partial charge in [-0.3, -0.25) is 18.4 Å². The molecule has 8 nitrogen and oxygen atoms in total. The molecule has 4 aromatic heterocycles. The van der Waals surface area contributed by atoms with Gasteiger partial charge in [-0.05, 0) is 30.6 Å². The van der Waals surface area contributed by atoms with Crippen molar-refractivity contribution in [3.8, 4) is 0 Å². The van der Waals surface area contributed by atoms with E-state index in [2.05, 4.69) is 20.5 Å². The molecule has 10 heteroatoms. The topological polar surface area (TPSA) is 93.7 Å². The molecule has 27 heavy (non-hydrogen) atoms. The van der Waals surface area contributed by atoms with E-state index >= 15 is 0 Å². The number of carbonyl (C=O) groups is 1. The van der Waals surface area contributed by atoms with E-state index in [1.54, 1.807) is 23.3 Å². The smallest absolute Gasteiger partial charge is 0.271 e. The zero-order valence-corrected chi connectivity index (χ0v) is 16.0. The molecule has 4 rings (SSSR count). The van der Waals surface area contributed by atoms with E-state index in [1.165, 1.54) is 21.9 Å². The Kier molecular flexibility index (Phi) is 4.90. The van der Waals surface area contributed by atoms with Crippen LogP contribution < -0.4 is 10.9 Å². The van der Waals surface area contributed by atoms with Gasteiger partial charge in [0.15, 0.2) is 16.4 Å². The normalized spacial score (nSPS) is 12.5. The molecule has 1 N–H and O–H groups in total. The van der Waals surface area contributed by atoms with E-state index < -0.39 is 5.91 Å². The van der Waals surface area contributed by atoms with E-state index in [0.717, 1.165) is 5.75 Å². The largest absolute Gasteiger partial charge is 0.342 e. The Morgan fingerprint density at radius 1 is 1.30 bits per heavy atom. The minimum absolute atomic E-state index is 0.00822. The van der Waals surface area contributed by atoms with Crippen molar-refractivity contribution >= 4 is 39.6 Å². The summed E-state index contributed by atoms with van der Waals surface area (Å²) < 4.78 is 3.22. The molecule has 0 aromatic carbocycles. The number of nitrogens with one attached hydrogen (secondary N) is 1. The number of carbonyl (C=O) groups excluding carboxylic acids is 1. The van der Waals surface area contributed by atoms with Gasteiger partial charge in [0.25, 0.3) is 11.5 Å². The van der Waals surface area contributed by atoms with Crippen molar-refractivity contribution < 1.29 is 4.79 Å². The molecule has 4 heterocycles. The van der Waals surface area contributed by atoms with Crippen LogP contribution in [-0.2, 0) is 0 Å². The Morgan fingerprint density at radius 2 is 2.19 bits per heavy atom. The molecule has 1 atom stereocenters. The fourth-order valence-corrected chi connectivity index (χ4v) is 3.96. The van der Waals surface area contributed by atoms with Crippen molar-refractivity contribution in [2.45, 2.75) is 12.5 Å². The third-order valence-corrected chi connectivity index (χ3v) is 5.57. The highest BCUT2D eigenvalue weighted by atomic mass is 32.2. The first kappa shape index (κ1) is 17.7. The number of hydrogen-bond acceptors (Lipinski definition) is 7. The molecular weight excluding hydrogens is 384 g/mol. The number of aromatic nitrogens is 5. The van der Waals surface area contributed by atoms with Crippen LogP contribution in [0.4, 0.5) is 0 Å². The molecule has 1 amide bonds. The standard InChI is InChI=1S/C17H16N6O2S2/c1-26-8-5-12(14-21-20-13-4-2-3-6-22(13)14)19-15(24)11-10-18-17-23(16(11)25)7-9-27-17/h2-4,6-7,9-10,12H,5,8H2,1H3,(H,19,24). The maximum absolute atomic E-state index is 12.8. The Balaban J connectivity index is 1.67. The van der Waals surface area contributed by atoms with Crippen LogP contribution in [0.3, 0.4) is 0 Å². The summed E-state index contributed by atoms with van der Waals surface area (Å²) >= 11 is 3.02. The monoisotopic (exact) mass is 400 g/mol. The second-order valence-electron chi connectivity index (χ2n) is 5.83. The van der Waals surface area contributed by atoms with Gasteiger partial charge in [-0.2, -0.15) is 11.8 Å². The lowest BCUT2D eigenvalue weighted by atomic mass is 10.2. The fourth-order valence-electron chi connectivity index (χ4n) is 2.82. The molecule has 0 aliphatic heterocycles. The Morgan fingerprint density at radius 3 is 3.04 bits per heavy atom. The van der Waals surface area contributed by atoms with Crippen LogP contribution in [0.1, 0.15) is 28.6 Å². The van der Waals surface area contributed by atoms with Gasteiger partial charge in [-0.25, -0.2) is 4.98 Å². The summed E-state index contributed by atoms with van der Waals surface area (Å²) in [7, 11) is 0. The molecule has 138 valence electrons. The summed E-state index contributed by atoms with van der Waals surface area (Å²) in [6, 6.07) is 5.25. The second-order valence-corrected chi connectivity index (χ2v) is 7.69.